The molecule has 1 N–H and O–H groups in total. The van der Waals surface area contributed by atoms with Gasteiger partial charge in [-0.1, -0.05) is 12.0 Å². The average Bonchev–Trinajstić information content (AvgIpc) is 2.88. The van der Waals surface area contributed by atoms with Gasteiger partial charge in [-0.3, -0.25) is 4.72 Å². The van der Waals surface area contributed by atoms with E-state index in [0.29, 0.717) is 17.8 Å². The van der Waals surface area contributed by atoms with Gasteiger partial charge in [0.25, 0.3) is 10.0 Å². The normalized spacial score (nSPS) is 10.9. The van der Waals surface area contributed by atoms with Gasteiger partial charge >= 0.3 is 0 Å². The Morgan fingerprint density at radius 3 is 2.89 bits per heavy atom. The summed E-state index contributed by atoms with van der Waals surface area (Å²) in [5, 5.41) is -0.0135. The van der Waals surface area contributed by atoms with Crippen molar-refractivity contribution >= 4 is 15.7 Å². The van der Waals surface area contributed by atoms with Gasteiger partial charge in [0.15, 0.2) is 5.03 Å². The Bertz CT molecular complexity index is 726. The van der Waals surface area contributed by atoms with Gasteiger partial charge in [0.1, 0.15) is 0 Å². The molecular weight excluding hydrogens is 262 g/mol. The SMILES string of the molecule is C#Cc1cccc(NS(=O)(=O)c2cn(CC)cn2)c1. The third-order valence-corrected chi connectivity index (χ3v) is 3.80. The Hall–Kier alpha value is -2.26. The van der Waals surface area contributed by atoms with E-state index in [1.54, 1.807) is 28.8 Å². The van der Waals surface area contributed by atoms with Gasteiger partial charge in [0.05, 0.1) is 12.0 Å². The molecule has 98 valence electrons. The van der Waals surface area contributed by atoms with E-state index in [9.17, 15) is 8.42 Å². The van der Waals surface area contributed by atoms with Crippen LogP contribution in [0.4, 0.5) is 5.69 Å². The van der Waals surface area contributed by atoms with Crippen molar-refractivity contribution in [3.05, 3.63) is 42.4 Å². The topological polar surface area (TPSA) is 64.0 Å². The molecule has 0 aliphatic rings. The summed E-state index contributed by atoms with van der Waals surface area (Å²) in [5.41, 5.74) is 1.03. The number of aromatic nitrogens is 2. The predicted octanol–water partition coefficient (Wildman–Crippen LogP) is 1.69. The summed E-state index contributed by atoms with van der Waals surface area (Å²) in [6.07, 6.45) is 8.23. The largest absolute Gasteiger partial charge is 0.336 e. The quantitative estimate of drug-likeness (QED) is 0.864. The van der Waals surface area contributed by atoms with Gasteiger partial charge < -0.3 is 4.57 Å². The van der Waals surface area contributed by atoms with Crippen LogP contribution in [-0.4, -0.2) is 18.0 Å². The highest BCUT2D eigenvalue weighted by molar-refractivity contribution is 7.92. The van der Waals surface area contributed by atoms with Crippen LogP contribution in [0.1, 0.15) is 12.5 Å². The summed E-state index contributed by atoms with van der Waals surface area (Å²) < 4.78 is 28.3. The van der Waals surface area contributed by atoms with Crippen LogP contribution < -0.4 is 4.72 Å². The van der Waals surface area contributed by atoms with Crippen molar-refractivity contribution in [1.82, 2.24) is 9.55 Å². The molecule has 1 aromatic carbocycles. The molecule has 0 unspecified atom stereocenters. The van der Waals surface area contributed by atoms with E-state index < -0.39 is 10.0 Å². The predicted molar refractivity (Wildman–Crippen MR) is 73.1 cm³/mol. The number of anilines is 1. The zero-order valence-electron chi connectivity index (χ0n) is 10.4. The zero-order chi connectivity index (χ0) is 13.9. The lowest BCUT2D eigenvalue weighted by molar-refractivity contribution is 0.598. The smallest absolute Gasteiger partial charge is 0.280 e. The summed E-state index contributed by atoms with van der Waals surface area (Å²) >= 11 is 0. The number of benzene rings is 1. The number of rotatable bonds is 4. The lowest BCUT2D eigenvalue weighted by Gasteiger charge is -2.05. The summed E-state index contributed by atoms with van der Waals surface area (Å²) in [4.78, 5) is 3.87. The third kappa shape index (κ3) is 2.95. The van der Waals surface area contributed by atoms with Crippen LogP contribution in [0.3, 0.4) is 0 Å². The Balaban J connectivity index is 2.28. The van der Waals surface area contributed by atoms with E-state index in [2.05, 4.69) is 15.6 Å². The second-order valence-electron chi connectivity index (χ2n) is 3.87. The van der Waals surface area contributed by atoms with Crippen LogP contribution in [0.5, 0.6) is 0 Å². The molecule has 6 heteroatoms. The first-order valence-electron chi connectivity index (χ1n) is 5.66. The number of hydrogen-bond acceptors (Lipinski definition) is 3. The van der Waals surface area contributed by atoms with Crippen molar-refractivity contribution in [2.45, 2.75) is 18.5 Å². The van der Waals surface area contributed by atoms with E-state index >= 15 is 0 Å². The van der Waals surface area contributed by atoms with Crippen LogP contribution in [0.25, 0.3) is 0 Å². The van der Waals surface area contributed by atoms with Crippen LogP contribution in [0.2, 0.25) is 0 Å². The second kappa shape index (κ2) is 5.16. The minimum absolute atomic E-state index is 0.0135. The summed E-state index contributed by atoms with van der Waals surface area (Å²) in [6.45, 7) is 2.57. The number of terminal acetylenes is 1. The molecule has 0 aliphatic heterocycles. The van der Waals surface area contributed by atoms with E-state index in [1.807, 2.05) is 6.92 Å². The second-order valence-corrected chi connectivity index (χ2v) is 5.50. The fourth-order valence-electron chi connectivity index (χ4n) is 1.53. The monoisotopic (exact) mass is 275 g/mol. The molecule has 1 aromatic heterocycles. The maximum atomic E-state index is 12.1. The van der Waals surface area contributed by atoms with E-state index in [4.69, 9.17) is 6.42 Å². The van der Waals surface area contributed by atoms with Crippen molar-refractivity contribution < 1.29 is 8.42 Å². The molecule has 0 saturated carbocycles. The van der Waals surface area contributed by atoms with Gasteiger partial charge in [-0.15, -0.1) is 6.42 Å². The van der Waals surface area contributed by atoms with Crippen LogP contribution in [0, 0.1) is 12.3 Å². The molecule has 0 bridgehead atoms. The molecule has 0 aliphatic carbocycles. The summed E-state index contributed by atoms with van der Waals surface area (Å²) in [7, 11) is -3.68. The number of nitrogens with zero attached hydrogens (tertiary/aromatic N) is 2. The highest BCUT2D eigenvalue weighted by Gasteiger charge is 2.17. The van der Waals surface area contributed by atoms with Gasteiger partial charge in [-0.05, 0) is 25.1 Å². The van der Waals surface area contributed by atoms with Crippen molar-refractivity contribution in [2.24, 2.45) is 0 Å². The highest BCUT2D eigenvalue weighted by Crippen LogP contribution is 2.15. The van der Waals surface area contributed by atoms with E-state index in [-0.39, 0.29) is 5.03 Å². The Morgan fingerprint density at radius 1 is 1.47 bits per heavy atom. The van der Waals surface area contributed by atoms with Crippen molar-refractivity contribution in [1.29, 1.82) is 0 Å². The van der Waals surface area contributed by atoms with Crippen LogP contribution in [0.15, 0.2) is 41.8 Å². The van der Waals surface area contributed by atoms with Gasteiger partial charge in [0.2, 0.25) is 0 Å². The minimum Gasteiger partial charge on any atom is -0.336 e. The molecule has 2 aromatic rings. The fraction of sp³-hybridized carbons (Fsp3) is 0.154. The van der Waals surface area contributed by atoms with Gasteiger partial charge in [-0.25, -0.2) is 4.98 Å². The molecule has 0 fully saturated rings. The van der Waals surface area contributed by atoms with Crippen molar-refractivity contribution in [2.75, 3.05) is 4.72 Å². The van der Waals surface area contributed by atoms with Gasteiger partial charge in [0, 0.05) is 18.3 Å². The molecule has 2 rings (SSSR count). The number of hydrogen-bond donors (Lipinski definition) is 1. The highest BCUT2D eigenvalue weighted by atomic mass is 32.2. The molecule has 0 atom stereocenters. The summed E-state index contributed by atoms with van der Waals surface area (Å²) in [6, 6.07) is 6.64. The number of imidazole rings is 1. The van der Waals surface area contributed by atoms with Crippen LogP contribution in [-0.2, 0) is 16.6 Å². The van der Waals surface area contributed by atoms with E-state index in [0.717, 1.165) is 0 Å². The molecule has 0 amide bonds. The molecule has 1 heterocycles. The number of sulfonamides is 1. The molecule has 19 heavy (non-hydrogen) atoms. The fourth-order valence-corrected chi connectivity index (χ4v) is 2.53. The zero-order valence-corrected chi connectivity index (χ0v) is 11.2. The maximum Gasteiger partial charge on any atom is 0.280 e. The molecular formula is C13H13N3O2S. The first kappa shape index (κ1) is 13.2. The molecule has 0 spiro atoms. The first-order chi connectivity index (χ1) is 9.05. The Morgan fingerprint density at radius 2 is 2.26 bits per heavy atom. The molecule has 0 radical (unpaired) electrons. The van der Waals surface area contributed by atoms with E-state index in [1.165, 1.54) is 12.5 Å². The minimum atomic E-state index is -3.68. The molecule has 0 saturated heterocycles. The van der Waals surface area contributed by atoms with Crippen molar-refractivity contribution in [3.63, 3.8) is 0 Å². The maximum absolute atomic E-state index is 12.1. The Kier molecular flexibility index (Phi) is 3.58. The van der Waals surface area contributed by atoms with Crippen LogP contribution >= 0.6 is 0 Å². The molecule has 5 nitrogen and oxygen atoms in total. The first-order valence-corrected chi connectivity index (χ1v) is 7.15. The lowest BCUT2D eigenvalue weighted by Crippen LogP contribution is -2.13. The summed E-state index contributed by atoms with van der Waals surface area (Å²) in [5.74, 6) is 2.45. The average molecular weight is 275 g/mol. The lowest BCUT2D eigenvalue weighted by atomic mass is 10.2. The van der Waals surface area contributed by atoms with Gasteiger partial charge in [-0.2, -0.15) is 8.42 Å². The number of aryl methyl sites for hydroxylation is 1. The van der Waals surface area contributed by atoms with Crippen molar-refractivity contribution in [3.8, 4) is 12.3 Å². The number of nitrogens with one attached hydrogen (secondary N) is 1. The standard InChI is InChI=1S/C13H13N3O2S/c1-3-11-6-5-7-12(8-11)15-19(17,18)13-9-16(4-2)10-14-13/h1,5-10,15H,4H2,2H3. The third-order valence-electron chi connectivity index (χ3n) is 2.53. The Labute approximate surface area is 112 Å².